The molecule has 0 saturated carbocycles. The van der Waals surface area contributed by atoms with Crippen molar-refractivity contribution < 1.29 is 19.1 Å². The average Bonchev–Trinajstić information content (AvgIpc) is 2.92. The van der Waals surface area contributed by atoms with Gasteiger partial charge in [-0.15, -0.1) is 11.3 Å². The van der Waals surface area contributed by atoms with Crippen molar-refractivity contribution in [1.29, 1.82) is 0 Å². The van der Waals surface area contributed by atoms with Gasteiger partial charge in [-0.25, -0.2) is 9.78 Å². The predicted octanol–water partition coefficient (Wildman–Crippen LogP) is 1.10. The summed E-state index contributed by atoms with van der Waals surface area (Å²) in [5.74, 6) is -0.748. The number of carbonyl (C=O) groups is 2. The lowest BCUT2D eigenvalue weighted by Crippen LogP contribution is -2.33. The number of nitrogens with zero attached hydrogens (tertiary/aromatic N) is 2. The Morgan fingerprint density at radius 3 is 2.84 bits per heavy atom. The van der Waals surface area contributed by atoms with Crippen molar-refractivity contribution in [2.24, 2.45) is 0 Å². The first-order valence-corrected chi connectivity index (χ1v) is 8.72. The van der Waals surface area contributed by atoms with E-state index in [1.54, 1.807) is 21.0 Å². The van der Waals surface area contributed by atoms with Crippen LogP contribution in [-0.2, 0) is 20.8 Å². The number of rotatable bonds is 8. The molecule has 25 heavy (non-hydrogen) atoms. The third-order valence-electron chi connectivity index (χ3n) is 3.54. The first kappa shape index (κ1) is 19.1. The highest BCUT2D eigenvalue weighted by atomic mass is 32.1. The van der Waals surface area contributed by atoms with Crippen molar-refractivity contribution >= 4 is 33.4 Å². The second-order valence-corrected chi connectivity index (χ2v) is 6.33. The molecule has 0 unspecified atom stereocenters. The van der Waals surface area contributed by atoms with E-state index in [9.17, 15) is 14.4 Å². The summed E-state index contributed by atoms with van der Waals surface area (Å²) in [6, 6.07) is 0. The molecule has 0 fully saturated rings. The number of carbonyl (C=O) groups excluding carboxylic acids is 2. The van der Waals surface area contributed by atoms with Crippen LogP contribution in [0, 0.1) is 6.92 Å². The Morgan fingerprint density at radius 1 is 1.40 bits per heavy atom. The minimum Gasteiger partial charge on any atom is -0.462 e. The van der Waals surface area contributed by atoms with Gasteiger partial charge in [0.2, 0.25) is 5.91 Å². The summed E-state index contributed by atoms with van der Waals surface area (Å²) in [6.07, 6.45) is 2.02. The lowest BCUT2D eigenvalue weighted by molar-refractivity contribution is -0.121. The summed E-state index contributed by atoms with van der Waals surface area (Å²) in [5, 5.41) is 3.07. The van der Waals surface area contributed by atoms with Gasteiger partial charge < -0.3 is 14.8 Å². The van der Waals surface area contributed by atoms with E-state index in [0.717, 1.165) is 11.3 Å². The lowest BCUT2D eigenvalue weighted by Gasteiger charge is -2.07. The molecule has 2 aromatic rings. The highest BCUT2D eigenvalue weighted by Gasteiger charge is 2.20. The van der Waals surface area contributed by atoms with Crippen LogP contribution < -0.4 is 10.9 Å². The van der Waals surface area contributed by atoms with Gasteiger partial charge in [0.15, 0.2) is 0 Å². The molecule has 0 bridgehead atoms. The van der Waals surface area contributed by atoms with E-state index in [4.69, 9.17) is 9.47 Å². The van der Waals surface area contributed by atoms with Gasteiger partial charge in [-0.2, -0.15) is 0 Å². The van der Waals surface area contributed by atoms with Crippen molar-refractivity contribution in [2.45, 2.75) is 26.8 Å². The highest BCUT2D eigenvalue weighted by Crippen LogP contribution is 2.27. The number of aromatic nitrogens is 2. The summed E-state index contributed by atoms with van der Waals surface area (Å²) in [6.45, 7) is 4.56. The molecule has 0 aliphatic carbocycles. The molecule has 9 heteroatoms. The van der Waals surface area contributed by atoms with Crippen LogP contribution in [0.25, 0.3) is 10.2 Å². The van der Waals surface area contributed by atoms with E-state index in [-0.39, 0.29) is 24.6 Å². The fraction of sp³-hybridized carbons (Fsp3) is 0.500. The number of aryl methyl sites for hydroxylation is 1. The third-order valence-corrected chi connectivity index (χ3v) is 4.72. The number of methoxy groups -OCH3 is 1. The lowest BCUT2D eigenvalue weighted by atomic mass is 10.2. The van der Waals surface area contributed by atoms with Crippen molar-refractivity contribution in [2.75, 3.05) is 26.9 Å². The second kappa shape index (κ2) is 8.72. The van der Waals surface area contributed by atoms with Crippen LogP contribution in [-0.4, -0.2) is 48.3 Å². The summed E-state index contributed by atoms with van der Waals surface area (Å²) in [4.78, 5) is 41.6. The van der Waals surface area contributed by atoms with Crippen LogP contribution in [0.3, 0.4) is 0 Å². The SMILES string of the molecule is CCOC(=O)c1sc2ncn(CC(=O)NCCCOC)c(=O)c2c1C. The van der Waals surface area contributed by atoms with E-state index >= 15 is 0 Å². The third kappa shape index (κ3) is 4.43. The number of fused-ring (bicyclic) bond motifs is 1. The summed E-state index contributed by atoms with van der Waals surface area (Å²) in [5.41, 5.74) is 0.187. The van der Waals surface area contributed by atoms with Crippen molar-refractivity contribution in [3.05, 3.63) is 27.1 Å². The average molecular weight is 367 g/mol. The number of ether oxygens (including phenoxy) is 2. The minimum atomic E-state index is -0.468. The van der Waals surface area contributed by atoms with Gasteiger partial charge in [-0.05, 0) is 25.8 Å². The molecule has 1 N–H and O–H groups in total. The predicted molar refractivity (Wildman–Crippen MR) is 94.1 cm³/mol. The molecule has 2 heterocycles. The summed E-state index contributed by atoms with van der Waals surface area (Å²) >= 11 is 1.12. The number of nitrogens with one attached hydrogen (secondary N) is 1. The molecule has 136 valence electrons. The van der Waals surface area contributed by atoms with Crippen LogP contribution >= 0.6 is 11.3 Å². The Labute approximate surface area is 148 Å². The Morgan fingerprint density at radius 2 is 2.16 bits per heavy atom. The molecular formula is C16H21N3O5S. The van der Waals surface area contributed by atoms with Crippen molar-refractivity contribution in [3.8, 4) is 0 Å². The molecule has 0 aromatic carbocycles. The Balaban J connectivity index is 2.21. The van der Waals surface area contributed by atoms with Crippen LogP contribution in [0.2, 0.25) is 0 Å². The molecule has 2 rings (SSSR count). The molecule has 0 spiro atoms. The maximum absolute atomic E-state index is 12.6. The molecule has 0 radical (unpaired) electrons. The van der Waals surface area contributed by atoms with Crippen molar-refractivity contribution in [3.63, 3.8) is 0 Å². The number of amides is 1. The van der Waals surface area contributed by atoms with E-state index in [1.165, 1.54) is 10.9 Å². The number of thiophene rings is 1. The van der Waals surface area contributed by atoms with Crippen LogP contribution in [0.15, 0.2) is 11.1 Å². The molecule has 2 aromatic heterocycles. The molecule has 1 amide bonds. The molecule has 8 nitrogen and oxygen atoms in total. The monoisotopic (exact) mass is 367 g/mol. The molecule has 0 atom stereocenters. The van der Waals surface area contributed by atoms with Crippen molar-refractivity contribution in [1.82, 2.24) is 14.9 Å². The molecule has 0 aliphatic rings. The number of esters is 1. The van der Waals surface area contributed by atoms with Gasteiger partial charge in [0.05, 0.1) is 18.3 Å². The number of hydrogen-bond donors (Lipinski definition) is 1. The zero-order valence-electron chi connectivity index (χ0n) is 14.5. The highest BCUT2D eigenvalue weighted by molar-refractivity contribution is 7.20. The van der Waals surface area contributed by atoms with Gasteiger partial charge in [0.25, 0.3) is 5.56 Å². The smallest absolute Gasteiger partial charge is 0.348 e. The first-order valence-electron chi connectivity index (χ1n) is 7.90. The second-order valence-electron chi connectivity index (χ2n) is 5.33. The van der Waals surface area contributed by atoms with Crippen LogP contribution in [0.1, 0.15) is 28.6 Å². The molecule has 0 saturated heterocycles. The van der Waals surface area contributed by atoms with E-state index in [1.807, 2.05) is 0 Å². The minimum absolute atomic E-state index is 0.126. The van der Waals surface area contributed by atoms with E-state index < -0.39 is 5.97 Å². The first-order chi connectivity index (χ1) is 12.0. The fourth-order valence-electron chi connectivity index (χ4n) is 2.32. The standard InChI is InChI=1S/C16H21N3O5S/c1-4-24-16(22)13-10(2)12-14(25-13)18-9-19(15(12)21)8-11(20)17-6-5-7-23-3/h9H,4-8H2,1-3H3,(H,17,20). The fourth-order valence-corrected chi connectivity index (χ4v) is 3.35. The Kier molecular flexibility index (Phi) is 6.65. The van der Waals surface area contributed by atoms with E-state index in [0.29, 0.717) is 40.2 Å². The molecular weight excluding hydrogens is 346 g/mol. The summed E-state index contributed by atoms with van der Waals surface area (Å²) < 4.78 is 11.1. The Bertz CT molecular complexity index is 827. The maximum Gasteiger partial charge on any atom is 0.348 e. The van der Waals surface area contributed by atoms with Crippen LogP contribution in [0.4, 0.5) is 0 Å². The van der Waals surface area contributed by atoms with E-state index in [2.05, 4.69) is 10.3 Å². The van der Waals surface area contributed by atoms with Gasteiger partial charge >= 0.3 is 5.97 Å². The number of hydrogen-bond acceptors (Lipinski definition) is 7. The molecule has 0 aliphatic heterocycles. The van der Waals surface area contributed by atoms with Gasteiger partial charge in [0, 0.05) is 20.3 Å². The van der Waals surface area contributed by atoms with Crippen LogP contribution in [0.5, 0.6) is 0 Å². The zero-order valence-corrected chi connectivity index (χ0v) is 15.3. The summed E-state index contributed by atoms with van der Waals surface area (Å²) in [7, 11) is 1.59. The van der Waals surface area contributed by atoms with Gasteiger partial charge in [-0.3, -0.25) is 14.2 Å². The Hall–Kier alpha value is -2.26. The van der Waals surface area contributed by atoms with Gasteiger partial charge in [0.1, 0.15) is 16.3 Å². The zero-order chi connectivity index (χ0) is 18.4. The quantitative estimate of drug-likeness (QED) is 0.554. The van der Waals surface area contributed by atoms with Gasteiger partial charge in [-0.1, -0.05) is 0 Å². The normalized spacial score (nSPS) is 10.8. The largest absolute Gasteiger partial charge is 0.462 e. The topological polar surface area (TPSA) is 99.5 Å². The maximum atomic E-state index is 12.6.